The van der Waals surface area contributed by atoms with E-state index in [1.807, 2.05) is 6.20 Å². The van der Waals surface area contributed by atoms with Gasteiger partial charge in [-0.15, -0.1) is 0 Å². The van der Waals surface area contributed by atoms with Crippen molar-refractivity contribution in [2.75, 3.05) is 13.6 Å². The molecule has 0 saturated heterocycles. The fourth-order valence-corrected chi connectivity index (χ4v) is 2.96. The van der Waals surface area contributed by atoms with Crippen LogP contribution in [0.3, 0.4) is 0 Å². The van der Waals surface area contributed by atoms with Crippen LogP contribution < -0.4 is 0 Å². The number of aromatic nitrogens is 2. The maximum atomic E-state index is 9.60. The highest BCUT2D eigenvalue weighted by molar-refractivity contribution is 5.21. The lowest BCUT2D eigenvalue weighted by Crippen LogP contribution is -2.21. The molecule has 0 aromatic carbocycles. The summed E-state index contributed by atoms with van der Waals surface area (Å²) in [5.41, 5.74) is 2.63. The maximum Gasteiger partial charge on any atom is 0.0540 e. The van der Waals surface area contributed by atoms with Gasteiger partial charge in [-0.2, -0.15) is 5.10 Å². The van der Waals surface area contributed by atoms with Gasteiger partial charge in [0.2, 0.25) is 0 Å². The van der Waals surface area contributed by atoms with E-state index in [0.29, 0.717) is 5.92 Å². The first kappa shape index (κ1) is 14.5. The molecule has 0 radical (unpaired) electrons. The van der Waals surface area contributed by atoms with Crippen molar-refractivity contribution >= 4 is 0 Å². The van der Waals surface area contributed by atoms with Crippen molar-refractivity contribution in [2.45, 2.75) is 64.0 Å². The molecule has 4 heteroatoms. The molecule has 0 unspecified atom stereocenters. The predicted octanol–water partition coefficient (Wildman–Crippen LogP) is 2.66. The summed E-state index contributed by atoms with van der Waals surface area (Å²) in [5, 5.41) is 17.0. The molecule has 1 fully saturated rings. The molecular weight excluding hydrogens is 238 g/mol. The van der Waals surface area contributed by atoms with Crippen LogP contribution in [-0.4, -0.2) is 39.9 Å². The molecule has 2 N–H and O–H groups in total. The fraction of sp³-hybridized carbons (Fsp3) is 0.800. The molecular formula is C15H27N3O. The van der Waals surface area contributed by atoms with E-state index < -0.39 is 0 Å². The van der Waals surface area contributed by atoms with Crippen LogP contribution in [0, 0.1) is 0 Å². The van der Waals surface area contributed by atoms with E-state index in [2.05, 4.69) is 29.1 Å². The number of nitrogens with zero attached hydrogens (tertiary/aromatic N) is 2. The molecule has 4 nitrogen and oxygen atoms in total. The number of aliphatic hydroxyl groups is 1. The molecule has 1 saturated carbocycles. The lowest BCUT2D eigenvalue weighted by atomic mass is 9.84. The van der Waals surface area contributed by atoms with Gasteiger partial charge >= 0.3 is 0 Å². The normalized spacial score (nSPS) is 24.0. The lowest BCUT2D eigenvalue weighted by molar-refractivity contribution is 0.121. The Morgan fingerprint density at radius 2 is 2.11 bits per heavy atom. The van der Waals surface area contributed by atoms with E-state index in [1.165, 1.54) is 24.1 Å². The standard InChI is InChI=1S/C15H27N3O/c1-3-4-9-18(2)11-13-10-16-17-15(13)12-5-7-14(19)8-6-12/h10,12,14,19H,3-9,11H2,1-2H3,(H,16,17). The van der Waals surface area contributed by atoms with Gasteiger partial charge in [0.15, 0.2) is 0 Å². The van der Waals surface area contributed by atoms with E-state index >= 15 is 0 Å². The van der Waals surface area contributed by atoms with Crippen molar-refractivity contribution in [3.8, 4) is 0 Å². The summed E-state index contributed by atoms with van der Waals surface area (Å²) >= 11 is 0. The summed E-state index contributed by atoms with van der Waals surface area (Å²) in [5.74, 6) is 0.556. The van der Waals surface area contributed by atoms with Crippen LogP contribution in [0.2, 0.25) is 0 Å². The van der Waals surface area contributed by atoms with Crippen molar-refractivity contribution in [2.24, 2.45) is 0 Å². The zero-order valence-corrected chi connectivity index (χ0v) is 12.2. The first-order valence-corrected chi connectivity index (χ1v) is 7.59. The number of unbranched alkanes of at least 4 members (excludes halogenated alkanes) is 1. The van der Waals surface area contributed by atoms with Gasteiger partial charge in [-0.25, -0.2) is 0 Å². The molecule has 2 rings (SSSR count). The Kier molecular flexibility index (Phi) is 5.40. The molecule has 0 bridgehead atoms. The average Bonchev–Trinajstić information content (AvgIpc) is 2.85. The number of hydrogen-bond donors (Lipinski definition) is 2. The molecule has 1 aliphatic carbocycles. The number of nitrogens with one attached hydrogen (secondary N) is 1. The van der Waals surface area contributed by atoms with Crippen LogP contribution in [0.5, 0.6) is 0 Å². The minimum absolute atomic E-state index is 0.0881. The number of aromatic amines is 1. The van der Waals surface area contributed by atoms with Crippen LogP contribution in [0.1, 0.15) is 62.6 Å². The summed E-state index contributed by atoms with van der Waals surface area (Å²) in [4.78, 5) is 2.37. The van der Waals surface area contributed by atoms with Gasteiger partial charge < -0.3 is 10.0 Å². The molecule has 0 spiro atoms. The second-order valence-electron chi connectivity index (χ2n) is 5.91. The van der Waals surface area contributed by atoms with Gasteiger partial charge in [-0.1, -0.05) is 13.3 Å². The third-order valence-electron chi connectivity index (χ3n) is 4.19. The van der Waals surface area contributed by atoms with Crippen molar-refractivity contribution in [1.29, 1.82) is 0 Å². The van der Waals surface area contributed by atoms with E-state index in [-0.39, 0.29) is 6.10 Å². The predicted molar refractivity (Wildman–Crippen MR) is 77.0 cm³/mol. The van der Waals surface area contributed by atoms with Gasteiger partial charge in [0, 0.05) is 23.7 Å². The highest BCUT2D eigenvalue weighted by atomic mass is 16.3. The SMILES string of the molecule is CCCCN(C)Cc1cn[nH]c1C1CCC(O)CC1. The Morgan fingerprint density at radius 3 is 2.79 bits per heavy atom. The van der Waals surface area contributed by atoms with Crippen LogP contribution in [0.15, 0.2) is 6.20 Å². The molecule has 0 amide bonds. The highest BCUT2D eigenvalue weighted by Gasteiger charge is 2.24. The zero-order chi connectivity index (χ0) is 13.7. The summed E-state index contributed by atoms with van der Waals surface area (Å²) in [6.07, 6.45) is 8.38. The fourth-order valence-electron chi connectivity index (χ4n) is 2.96. The second kappa shape index (κ2) is 7.06. The van der Waals surface area contributed by atoms with Crippen molar-refractivity contribution in [1.82, 2.24) is 15.1 Å². The Hall–Kier alpha value is -0.870. The van der Waals surface area contributed by atoms with Crippen LogP contribution in [0.4, 0.5) is 0 Å². The lowest BCUT2D eigenvalue weighted by Gasteiger charge is -2.26. The first-order valence-electron chi connectivity index (χ1n) is 7.59. The largest absolute Gasteiger partial charge is 0.393 e. The molecule has 19 heavy (non-hydrogen) atoms. The molecule has 0 aliphatic heterocycles. The zero-order valence-electron chi connectivity index (χ0n) is 12.2. The third kappa shape index (κ3) is 4.05. The number of hydrogen-bond acceptors (Lipinski definition) is 3. The quantitative estimate of drug-likeness (QED) is 0.831. The van der Waals surface area contributed by atoms with Gasteiger partial charge in [-0.3, -0.25) is 5.10 Å². The molecule has 108 valence electrons. The minimum atomic E-state index is -0.0881. The monoisotopic (exact) mass is 265 g/mol. The van der Waals surface area contributed by atoms with Crippen molar-refractivity contribution < 1.29 is 5.11 Å². The van der Waals surface area contributed by atoms with Gasteiger partial charge in [-0.05, 0) is 45.7 Å². The number of rotatable bonds is 6. The van der Waals surface area contributed by atoms with E-state index in [1.54, 1.807) is 0 Å². The summed E-state index contributed by atoms with van der Waals surface area (Å²) < 4.78 is 0. The highest BCUT2D eigenvalue weighted by Crippen LogP contribution is 2.33. The summed E-state index contributed by atoms with van der Waals surface area (Å²) in [7, 11) is 2.18. The molecule has 0 atom stereocenters. The molecule has 1 aromatic heterocycles. The van der Waals surface area contributed by atoms with E-state index in [4.69, 9.17) is 0 Å². The smallest absolute Gasteiger partial charge is 0.0540 e. The second-order valence-corrected chi connectivity index (χ2v) is 5.91. The third-order valence-corrected chi connectivity index (χ3v) is 4.19. The van der Waals surface area contributed by atoms with Crippen molar-refractivity contribution in [3.63, 3.8) is 0 Å². The Bertz CT molecular complexity index is 369. The summed E-state index contributed by atoms with van der Waals surface area (Å²) in [6, 6.07) is 0. The Labute approximate surface area is 116 Å². The Balaban J connectivity index is 1.93. The molecule has 1 heterocycles. The summed E-state index contributed by atoms with van der Waals surface area (Å²) in [6.45, 7) is 4.35. The number of aliphatic hydroxyl groups excluding tert-OH is 1. The first-order chi connectivity index (χ1) is 9.20. The topological polar surface area (TPSA) is 52.2 Å². The van der Waals surface area contributed by atoms with Gasteiger partial charge in [0.25, 0.3) is 0 Å². The molecule has 1 aromatic rings. The average molecular weight is 265 g/mol. The molecule has 1 aliphatic rings. The van der Waals surface area contributed by atoms with Crippen LogP contribution >= 0.6 is 0 Å². The van der Waals surface area contributed by atoms with Gasteiger partial charge in [0.1, 0.15) is 0 Å². The Morgan fingerprint density at radius 1 is 1.37 bits per heavy atom. The van der Waals surface area contributed by atoms with Gasteiger partial charge in [0.05, 0.1) is 12.3 Å². The van der Waals surface area contributed by atoms with Crippen LogP contribution in [0.25, 0.3) is 0 Å². The number of H-pyrrole nitrogens is 1. The van der Waals surface area contributed by atoms with Crippen LogP contribution in [-0.2, 0) is 6.54 Å². The van der Waals surface area contributed by atoms with E-state index in [0.717, 1.165) is 38.8 Å². The maximum absolute atomic E-state index is 9.60. The van der Waals surface area contributed by atoms with Crippen molar-refractivity contribution in [3.05, 3.63) is 17.5 Å². The minimum Gasteiger partial charge on any atom is -0.393 e. The van der Waals surface area contributed by atoms with E-state index in [9.17, 15) is 5.11 Å².